The molecule has 2 fully saturated rings. The SMILES string of the molecule is CC(F)(F)c1c(C(=O)O)cnn1-c1cccc(-c2ccccc2OCc2ccc(C3CCN(S(=O)(=O)C4CC4)CC3)cc2F)n1. The molecule has 2 aromatic heterocycles. The van der Waals surface area contributed by atoms with Crippen molar-refractivity contribution in [3.05, 3.63) is 95.1 Å². The number of carbonyl (C=O) groups is 1. The van der Waals surface area contributed by atoms with Crippen LogP contribution in [0.15, 0.2) is 66.9 Å². The molecule has 13 heteroatoms. The van der Waals surface area contributed by atoms with E-state index in [0.717, 1.165) is 29.3 Å². The monoisotopic (exact) mass is 640 g/mol. The summed E-state index contributed by atoms with van der Waals surface area (Å²) in [5.41, 5.74) is 0.598. The summed E-state index contributed by atoms with van der Waals surface area (Å²) in [5.74, 6) is -5.03. The molecule has 45 heavy (non-hydrogen) atoms. The number of carboxylic acids is 1. The zero-order chi connectivity index (χ0) is 31.9. The van der Waals surface area contributed by atoms with Crippen LogP contribution in [-0.2, 0) is 22.6 Å². The van der Waals surface area contributed by atoms with Gasteiger partial charge >= 0.3 is 5.97 Å². The lowest BCUT2D eigenvalue weighted by molar-refractivity contribution is 0.00824. The van der Waals surface area contributed by atoms with Crippen LogP contribution < -0.4 is 4.74 Å². The number of alkyl halides is 2. The number of hydrogen-bond donors (Lipinski definition) is 1. The van der Waals surface area contributed by atoms with Gasteiger partial charge in [-0.1, -0.05) is 30.3 Å². The number of rotatable bonds is 10. The minimum Gasteiger partial charge on any atom is -0.488 e. The van der Waals surface area contributed by atoms with E-state index in [1.165, 1.54) is 12.1 Å². The predicted octanol–water partition coefficient (Wildman–Crippen LogP) is 6.13. The fourth-order valence-corrected chi connectivity index (χ4v) is 7.58. The van der Waals surface area contributed by atoms with Gasteiger partial charge in [-0.2, -0.15) is 13.9 Å². The molecule has 0 amide bonds. The lowest BCUT2D eigenvalue weighted by Crippen LogP contribution is -2.39. The van der Waals surface area contributed by atoms with Gasteiger partial charge in [0.1, 0.15) is 29.4 Å². The van der Waals surface area contributed by atoms with Gasteiger partial charge in [-0.15, -0.1) is 0 Å². The van der Waals surface area contributed by atoms with Crippen molar-refractivity contribution in [3.63, 3.8) is 0 Å². The van der Waals surface area contributed by atoms with Gasteiger partial charge < -0.3 is 9.84 Å². The maximum atomic E-state index is 15.2. The standard InChI is InChI=1S/C32H31F3N4O5S/c1-32(34,35)30-25(31(40)41)18-36-39(30)29-8-4-6-27(37-29)24-5-2-3-7-28(24)44-19-22-10-9-21(17-26(22)33)20-13-15-38(16-14-20)45(42,43)23-11-12-23/h2-10,17-18,20,23H,11-16,19H2,1H3,(H,40,41). The van der Waals surface area contributed by atoms with Crippen LogP contribution in [0.25, 0.3) is 17.1 Å². The molecule has 0 atom stereocenters. The molecule has 0 spiro atoms. The third-order valence-corrected chi connectivity index (χ3v) is 10.6. The first-order valence-electron chi connectivity index (χ1n) is 14.6. The van der Waals surface area contributed by atoms with Crippen molar-refractivity contribution >= 4 is 16.0 Å². The molecule has 0 bridgehead atoms. The highest BCUT2D eigenvalue weighted by Crippen LogP contribution is 2.37. The summed E-state index contributed by atoms with van der Waals surface area (Å²) >= 11 is 0. The van der Waals surface area contributed by atoms with Crippen molar-refractivity contribution in [2.45, 2.75) is 56.3 Å². The molecule has 2 aromatic carbocycles. The third kappa shape index (κ3) is 6.32. The summed E-state index contributed by atoms with van der Waals surface area (Å²) < 4.78 is 77.6. The molecule has 1 saturated carbocycles. The molecule has 9 nitrogen and oxygen atoms in total. The number of sulfonamides is 1. The van der Waals surface area contributed by atoms with E-state index in [1.807, 2.05) is 6.07 Å². The second kappa shape index (κ2) is 11.9. The topological polar surface area (TPSA) is 115 Å². The van der Waals surface area contributed by atoms with E-state index < -0.39 is 39.0 Å². The summed E-state index contributed by atoms with van der Waals surface area (Å²) in [6, 6.07) is 16.6. The average molecular weight is 641 g/mol. The number of pyridine rings is 1. The molecule has 1 aliphatic carbocycles. The van der Waals surface area contributed by atoms with E-state index in [0.29, 0.717) is 55.4 Å². The second-order valence-corrected chi connectivity index (χ2v) is 13.7. The van der Waals surface area contributed by atoms with Gasteiger partial charge in [-0.05, 0) is 67.5 Å². The molecule has 2 aliphatic rings. The second-order valence-electron chi connectivity index (χ2n) is 11.4. The average Bonchev–Trinajstić information content (AvgIpc) is 3.78. The van der Waals surface area contributed by atoms with Crippen LogP contribution in [0, 0.1) is 5.82 Å². The molecule has 3 heterocycles. The van der Waals surface area contributed by atoms with Crippen LogP contribution in [0.2, 0.25) is 0 Å². The minimum atomic E-state index is -3.50. The molecule has 1 aliphatic heterocycles. The Bertz CT molecular complexity index is 1850. The smallest absolute Gasteiger partial charge is 0.339 e. The first-order valence-corrected chi connectivity index (χ1v) is 16.1. The molecule has 236 valence electrons. The number of hydrogen-bond acceptors (Lipinski definition) is 6. The molecular formula is C32H31F3N4O5S. The van der Waals surface area contributed by atoms with E-state index in [1.54, 1.807) is 46.8 Å². The van der Waals surface area contributed by atoms with Crippen LogP contribution in [0.5, 0.6) is 5.75 Å². The maximum absolute atomic E-state index is 15.2. The van der Waals surface area contributed by atoms with Crippen molar-refractivity contribution in [2.75, 3.05) is 13.1 Å². The number of ether oxygens (including phenoxy) is 1. The van der Waals surface area contributed by atoms with Crippen LogP contribution in [0.3, 0.4) is 0 Å². The Morgan fingerprint density at radius 3 is 2.44 bits per heavy atom. The normalized spacial score (nSPS) is 16.5. The van der Waals surface area contributed by atoms with Crippen molar-refractivity contribution in [1.29, 1.82) is 0 Å². The third-order valence-electron chi connectivity index (χ3n) is 8.22. The number of nitrogens with zero attached hydrogens (tertiary/aromatic N) is 4. The molecule has 1 saturated heterocycles. The molecule has 0 unspecified atom stereocenters. The zero-order valence-corrected chi connectivity index (χ0v) is 25.2. The van der Waals surface area contributed by atoms with E-state index in [4.69, 9.17) is 4.74 Å². The highest BCUT2D eigenvalue weighted by atomic mass is 32.2. The molecule has 6 rings (SSSR count). The van der Waals surface area contributed by atoms with Crippen LogP contribution in [-0.4, -0.2) is 56.9 Å². The Morgan fingerprint density at radius 2 is 1.78 bits per heavy atom. The Hall–Kier alpha value is -4.23. The van der Waals surface area contributed by atoms with Crippen molar-refractivity contribution in [2.24, 2.45) is 0 Å². The Kier molecular flexibility index (Phi) is 8.16. The number of benzene rings is 2. The van der Waals surface area contributed by atoms with Crippen molar-refractivity contribution in [1.82, 2.24) is 19.1 Å². The largest absolute Gasteiger partial charge is 0.488 e. The van der Waals surface area contributed by atoms with Crippen LogP contribution >= 0.6 is 0 Å². The van der Waals surface area contributed by atoms with Gasteiger partial charge in [0.05, 0.1) is 17.1 Å². The van der Waals surface area contributed by atoms with E-state index in [9.17, 15) is 27.1 Å². The van der Waals surface area contributed by atoms with Gasteiger partial charge in [0, 0.05) is 31.1 Å². The quantitative estimate of drug-likeness (QED) is 0.222. The van der Waals surface area contributed by atoms with Crippen LogP contribution in [0.4, 0.5) is 13.2 Å². The van der Waals surface area contributed by atoms with E-state index in [2.05, 4.69) is 10.1 Å². The number of piperidine rings is 1. The van der Waals surface area contributed by atoms with Gasteiger partial charge in [0.15, 0.2) is 5.82 Å². The minimum absolute atomic E-state index is 0.0102. The molecule has 1 N–H and O–H groups in total. The van der Waals surface area contributed by atoms with Gasteiger partial charge in [0.2, 0.25) is 10.0 Å². The molecule has 4 aromatic rings. The molecular weight excluding hydrogens is 609 g/mol. The van der Waals surface area contributed by atoms with Crippen LogP contribution in [0.1, 0.15) is 65.7 Å². The van der Waals surface area contributed by atoms with Gasteiger partial charge in [-0.3, -0.25) is 0 Å². The van der Waals surface area contributed by atoms with Crippen molar-refractivity contribution < 1.29 is 36.2 Å². The Morgan fingerprint density at radius 1 is 1.04 bits per heavy atom. The summed E-state index contributed by atoms with van der Waals surface area (Å²) in [5, 5.41) is 13.0. The zero-order valence-electron chi connectivity index (χ0n) is 24.4. The van der Waals surface area contributed by atoms with E-state index >= 15 is 4.39 Å². The summed E-state index contributed by atoms with van der Waals surface area (Å²) in [7, 11) is -3.21. The predicted molar refractivity (Wildman–Crippen MR) is 160 cm³/mol. The summed E-state index contributed by atoms with van der Waals surface area (Å²) in [6.07, 6.45) is 3.59. The van der Waals surface area contributed by atoms with Gasteiger partial charge in [-0.25, -0.2) is 31.6 Å². The van der Waals surface area contributed by atoms with E-state index in [-0.39, 0.29) is 23.6 Å². The first kappa shape index (κ1) is 30.8. The number of para-hydroxylation sites is 1. The number of carboxylic acid groups (broad SMARTS) is 1. The Balaban J connectivity index is 1.18. The first-order chi connectivity index (χ1) is 21.4. The fourth-order valence-electron chi connectivity index (χ4n) is 5.71. The van der Waals surface area contributed by atoms with Gasteiger partial charge in [0.25, 0.3) is 5.92 Å². The fraction of sp³-hybridized carbons (Fsp3) is 0.344. The summed E-state index contributed by atoms with van der Waals surface area (Å²) in [6.45, 7) is 1.38. The number of halogens is 3. The Labute approximate surface area is 258 Å². The highest BCUT2D eigenvalue weighted by molar-refractivity contribution is 7.90. The lowest BCUT2D eigenvalue weighted by Gasteiger charge is -2.31. The highest BCUT2D eigenvalue weighted by Gasteiger charge is 2.41. The summed E-state index contributed by atoms with van der Waals surface area (Å²) in [4.78, 5) is 16.0. The number of aromatic nitrogens is 3. The molecule has 0 radical (unpaired) electrons. The maximum Gasteiger partial charge on any atom is 0.339 e. The van der Waals surface area contributed by atoms with Crippen molar-refractivity contribution in [3.8, 4) is 22.8 Å². The lowest BCUT2D eigenvalue weighted by atomic mass is 9.89. The number of aromatic carboxylic acids is 1.